The van der Waals surface area contributed by atoms with Crippen LogP contribution in [0.5, 0.6) is 0 Å². The van der Waals surface area contributed by atoms with Crippen molar-refractivity contribution in [2.24, 2.45) is 0 Å². The van der Waals surface area contributed by atoms with Crippen LogP contribution in [0.25, 0.3) is 0 Å². The van der Waals surface area contributed by atoms with Crippen molar-refractivity contribution >= 4 is 12.1 Å². The molecule has 5 heteroatoms. The van der Waals surface area contributed by atoms with Gasteiger partial charge in [0.05, 0.1) is 6.61 Å². The molecule has 126 valence electrons. The smallest absolute Gasteiger partial charge is 0.411 e. The predicted octanol–water partition coefficient (Wildman–Crippen LogP) is 3.17. The van der Waals surface area contributed by atoms with Gasteiger partial charge in [0.15, 0.2) is 0 Å². The number of carbonyl (C=O) groups is 2. The molecule has 0 unspecified atom stereocenters. The van der Waals surface area contributed by atoms with Crippen molar-refractivity contribution < 1.29 is 19.1 Å². The van der Waals surface area contributed by atoms with E-state index in [0.717, 1.165) is 12.0 Å². The number of benzene rings is 1. The number of ether oxygens (including phenoxy) is 2. The minimum atomic E-state index is -0.568. The SMILES string of the molecule is CC(C)(C)OC(=O)N1CCC[C@H]1C(=O)OCCc1ccccc1. The van der Waals surface area contributed by atoms with Crippen molar-refractivity contribution in [1.29, 1.82) is 0 Å². The first kappa shape index (κ1) is 17.3. The van der Waals surface area contributed by atoms with Crippen LogP contribution in [0, 0.1) is 0 Å². The molecule has 1 heterocycles. The lowest BCUT2D eigenvalue weighted by Crippen LogP contribution is -2.44. The molecule has 1 aliphatic rings. The molecule has 1 saturated heterocycles. The number of rotatable bonds is 4. The van der Waals surface area contributed by atoms with Gasteiger partial charge in [-0.15, -0.1) is 0 Å². The molecule has 1 fully saturated rings. The number of hydrogen-bond acceptors (Lipinski definition) is 4. The summed E-state index contributed by atoms with van der Waals surface area (Å²) in [4.78, 5) is 25.9. The van der Waals surface area contributed by atoms with E-state index < -0.39 is 17.7 Å². The van der Waals surface area contributed by atoms with Crippen LogP contribution in [-0.2, 0) is 20.7 Å². The Morgan fingerprint density at radius 1 is 1.22 bits per heavy atom. The number of amides is 1. The van der Waals surface area contributed by atoms with Crippen LogP contribution in [0.3, 0.4) is 0 Å². The Balaban J connectivity index is 1.84. The minimum Gasteiger partial charge on any atom is -0.464 e. The summed E-state index contributed by atoms with van der Waals surface area (Å²) in [6, 6.07) is 9.33. The number of carbonyl (C=O) groups excluding carboxylic acids is 2. The Hall–Kier alpha value is -2.04. The van der Waals surface area contributed by atoms with Gasteiger partial charge in [-0.3, -0.25) is 4.90 Å². The fourth-order valence-electron chi connectivity index (χ4n) is 2.56. The summed E-state index contributed by atoms with van der Waals surface area (Å²) < 4.78 is 10.7. The van der Waals surface area contributed by atoms with Gasteiger partial charge in [-0.25, -0.2) is 9.59 Å². The molecule has 0 saturated carbocycles. The molecule has 0 aliphatic carbocycles. The van der Waals surface area contributed by atoms with Crippen molar-refractivity contribution in [3.8, 4) is 0 Å². The highest BCUT2D eigenvalue weighted by Crippen LogP contribution is 2.21. The first-order valence-electron chi connectivity index (χ1n) is 8.07. The van der Waals surface area contributed by atoms with Gasteiger partial charge in [0.2, 0.25) is 0 Å². The summed E-state index contributed by atoms with van der Waals surface area (Å²) in [7, 11) is 0. The van der Waals surface area contributed by atoms with Crippen LogP contribution in [0.2, 0.25) is 0 Å². The highest BCUT2D eigenvalue weighted by atomic mass is 16.6. The van der Waals surface area contributed by atoms with E-state index in [4.69, 9.17) is 9.47 Å². The van der Waals surface area contributed by atoms with Crippen LogP contribution < -0.4 is 0 Å². The third-order valence-corrected chi connectivity index (χ3v) is 3.63. The van der Waals surface area contributed by atoms with Crippen LogP contribution in [0.1, 0.15) is 39.2 Å². The van der Waals surface area contributed by atoms with Gasteiger partial charge in [0.25, 0.3) is 0 Å². The lowest BCUT2D eigenvalue weighted by molar-refractivity contribution is -0.148. The zero-order valence-corrected chi connectivity index (χ0v) is 14.1. The Morgan fingerprint density at radius 3 is 2.57 bits per heavy atom. The van der Waals surface area contributed by atoms with Gasteiger partial charge in [0, 0.05) is 13.0 Å². The molecule has 0 radical (unpaired) electrons. The Labute approximate surface area is 137 Å². The van der Waals surface area contributed by atoms with Gasteiger partial charge >= 0.3 is 12.1 Å². The minimum absolute atomic E-state index is 0.321. The van der Waals surface area contributed by atoms with E-state index in [9.17, 15) is 9.59 Å². The molecule has 2 rings (SSSR count). The topological polar surface area (TPSA) is 55.8 Å². The average molecular weight is 319 g/mol. The van der Waals surface area contributed by atoms with E-state index in [1.54, 1.807) is 0 Å². The molecule has 0 bridgehead atoms. The predicted molar refractivity (Wildman–Crippen MR) is 87.1 cm³/mol. The summed E-state index contributed by atoms with van der Waals surface area (Å²) in [5, 5.41) is 0. The Kier molecular flexibility index (Phi) is 5.64. The van der Waals surface area contributed by atoms with Crippen LogP contribution in [0.4, 0.5) is 4.79 Å². The molecule has 0 aromatic heterocycles. The van der Waals surface area contributed by atoms with Crippen LogP contribution in [0.15, 0.2) is 30.3 Å². The maximum atomic E-state index is 12.2. The van der Waals surface area contributed by atoms with Gasteiger partial charge in [0.1, 0.15) is 11.6 Å². The molecule has 0 spiro atoms. The number of hydrogen-bond donors (Lipinski definition) is 0. The second-order valence-electron chi connectivity index (χ2n) is 6.73. The van der Waals surface area contributed by atoms with Gasteiger partial charge in [-0.2, -0.15) is 0 Å². The maximum absolute atomic E-state index is 12.2. The van der Waals surface area contributed by atoms with E-state index in [0.29, 0.717) is 26.0 Å². The maximum Gasteiger partial charge on any atom is 0.411 e. The zero-order chi connectivity index (χ0) is 16.9. The van der Waals surface area contributed by atoms with Gasteiger partial charge in [-0.1, -0.05) is 30.3 Å². The zero-order valence-electron chi connectivity index (χ0n) is 14.1. The Bertz CT molecular complexity index is 536. The summed E-state index contributed by atoms with van der Waals surface area (Å²) in [5.74, 6) is -0.343. The highest BCUT2D eigenvalue weighted by Gasteiger charge is 2.37. The lowest BCUT2D eigenvalue weighted by atomic mass is 10.2. The number of nitrogens with zero attached hydrogens (tertiary/aromatic N) is 1. The first-order valence-corrected chi connectivity index (χ1v) is 8.07. The second kappa shape index (κ2) is 7.49. The van der Waals surface area contributed by atoms with Crippen molar-refractivity contribution in [2.45, 2.75) is 51.7 Å². The molecule has 1 aromatic carbocycles. The quantitative estimate of drug-likeness (QED) is 0.800. The van der Waals surface area contributed by atoms with E-state index in [1.807, 2.05) is 51.1 Å². The van der Waals surface area contributed by atoms with Gasteiger partial charge < -0.3 is 9.47 Å². The summed E-state index contributed by atoms with van der Waals surface area (Å²) in [6.45, 7) is 6.30. The average Bonchev–Trinajstić information content (AvgIpc) is 2.96. The van der Waals surface area contributed by atoms with E-state index >= 15 is 0 Å². The lowest BCUT2D eigenvalue weighted by Gasteiger charge is -2.27. The molecule has 1 aliphatic heterocycles. The first-order chi connectivity index (χ1) is 10.9. The summed E-state index contributed by atoms with van der Waals surface area (Å²) >= 11 is 0. The van der Waals surface area contributed by atoms with Crippen LogP contribution >= 0.6 is 0 Å². The fraction of sp³-hybridized carbons (Fsp3) is 0.556. The van der Waals surface area contributed by atoms with E-state index in [2.05, 4.69) is 0 Å². The number of esters is 1. The summed E-state index contributed by atoms with van der Waals surface area (Å²) in [5.41, 5.74) is 0.553. The standard InChI is InChI=1S/C18H25NO4/c1-18(2,3)23-17(21)19-12-7-10-15(19)16(20)22-13-11-14-8-5-4-6-9-14/h4-6,8-9,15H,7,10-13H2,1-3H3/t15-/m0/s1. The molecule has 23 heavy (non-hydrogen) atoms. The summed E-state index contributed by atoms with van der Waals surface area (Å²) in [6.07, 6.45) is 1.65. The second-order valence-corrected chi connectivity index (χ2v) is 6.73. The third kappa shape index (κ3) is 5.27. The molecule has 1 aromatic rings. The van der Waals surface area contributed by atoms with E-state index in [-0.39, 0.29) is 5.97 Å². The monoisotopic (exact) mass is 319 g/mol. The van der Waals surface area contributed by atoms with Crippen molar-refractivity contribution in [1.82, 2.24) is 4.90 Å². The number of likely N-dealkylation sites (tertiary alicyclic amines) is 1. The molecule has 5 nitrogen and oxygen atoms in total. The largest absolute Gasteiger partial charge is 0.464 e. The van der Waals surface area contributed by atoms with E-state index in [1.165, 1.54) is 4.90 Å². The fourth-order valence-corrected chi connectivity index (χ4v) is 2.56. The van der Waals surface area contributed by atoms with Crippen molar-refractivity contribution in [3.63, 3.8) is 0 Å². The highest BCUT2D eigenvalue weighted by molar-refractivity contribution is 5.82. The van der Waals surface area contributed by atoms with Crippen molar-refractivity contribution in [2.75, 3.05) is 13.2 Å². The normalized spacial score (nSPS) is 17.9. The molecular weight excluding hydrogens is 294 g/mol. The van der Waals surface area contributed by atoms with Gasteiger partial charge in [-0.05, 0) is 39.2 Å². The molecule has 0 N–H and O–H groups in total. The van der Waals surface area contributed by atoms with Crippen LogP contribution in [-0.4, -0.2) is 41.8 Å². The third-order valence-electron chi connectivity index (χ3n) is 3.63. The molecular formula is C18H25NO4. The molecule has 1 atom stereocenters. The Morgan fingerprint density at radius 2 is 1.91 bits per heavy atom. The molecule has 1 amide bonds. The van der Waals surface area contributed by atoms with Crippen molar-refractivity contribution in [3.05, 3.63) is 35.9 Å².